The molecule has 1 nitrogen and oxygen atoms in total. The van der Waals surface area contributed by atoms with Gasteiger partial charge in [-0.15, -0.1) is 0 Å². The molecule has 0 bridgehead atoms. The maximum absolute atomic E-state index is 6.03. The molecule has 0 N–H and O–H groups in total. The van der Waals surface area contributed by atoms with E-state index < -0.39 is 8.32 Å². The van der Waals surface area contributed by atoms with Crippen LogP contribution in [0.4, 0.5) is 0 Å². The first-order valence-corrected chi connectivity index (χ1v) is 7.37. The van der Waals surface area contributed by atoms with Crippen LogP contribution in [-0.2, 0) is 4.43 Å². The normalized spacial score (nSPS) is 36.3. The average molecular weight is 170 g/mol. The summed E-state index contributed by atoms with van der Waals surface area (Å²) in [6.45, 7) is 3.50. The van der Waals surface area contributed by atoms with Crippen LogP contribution in [0.25, 0.3) is 0 Å². The molecule has 2 saturated heterocycles. The number of hydrogen-bond donors (Lipinski definition) is 0. The lowest BCUT2D eigenvalue weighted by molar-refractivity contribution is 0.334. The van der Waals surface area contributed by atoms with Crippen molar-refractivity contribution >= 4 is 8.32 Å². The molecule has 0 amide bonds. The highest BCUT2D eigenvalue weighted by Gasteiger charge is 2.45. The molecule has 0 saturated carbocycles. The Morgan fingerprint density at radius 2 is 1.91 bits per heavy atom. The van der Waals surface area contributed by atoms with Crippen molar-refractivity contribution in [2.24, 2.45) is 0 Å². The van der Waals surface area contributed by atoms with Gasteiger partial charge in [0.05, 0.1) is 0 Å². The van der Waals surface area contributed by atoms with Crippen LogP contribution < -0.4 is 0 Å². The van der Waals surface area contributed by atoms with Gasteiger partial charge in [-0.1, -0.05) is 26.2 Å². The molecule has 2 aliphatic rings. The van der Waals surface area contributed by atoms with Gasteiger partial charge in [0.1, 0.15) is 0 Å². The Hall–Kier alpha value is 0.177. The summed E-state index contributed by atoms with van der Waals surface area (Å²) in [5.74, 6) is 0. The molecular formula is C9H18OSi. The summed E-state index contributed by atoms with van der Waals surface area (Å²) >= 11 is 0. The van der Waals surface area contributed by atoms with E-state index in [0.717, 1.165) is 12.1 Å². The molecule has 2 rings (SSSR count). The van der Waals surface area contributed by atoms with Gasteiger partial charge in [0.15, 0.2) is 8.32 Å². The Labute approximate surface area is 70.3 Å². The lowest BCUT2D eigenvalue weighted by Gasteiger charge is -2.33. The molecule has 11 heavy (non-hydrogen) atoms. The van der Waals surface area contributed by atoms with E-state index in [1.807, 2.05) is 0 Å². The molecule has 2 aliphatic heterocycles. The Kier molecular flexibility index (Phi) is 2.06. The number of hydrogen-bond acceptors (Lipinski definition) is 1. The monoisotopic (exact) mass is 170 g/mol. The van der Waals surface area contributed by atoms with Crippen LogP contribution in [0.15, 0.2) is 0 Å². The zero-order valence-electron chi connectivity index (χ0n) is 7.44. The quantitative estimate of drug-likeness (QED) is 0.508. The average Bonchev–Trinajstić information content (AvgIpc) is 2.36. The number of rotatable bonds is 0. The van der Waals surface area contributed by atoms with E-state index in [-0.39, 0.29) is 0 Å². The molecule has 0 unspecified atom stereocenters. The molecule has 2 heteroatoms. The topological polar surface area (TPSA) is 9.23 Å². The minimum absolute atomic E-state index is 0.961. The highest BCUT2D eigenvalue weighted by molar-refractivity contribution is 6.75. The van der Waals surface area contributed by atoms with Crippen LogP contribution in [0.3, 0.4) is 0 Å². The summed E-state index contributed by atoms with van der Waals surface area (Å²) in [5, 5.41) is 0. The largest absolute Gasteiger partial charge is 0.417 e. The third kappa shape index (κ3) is 1.27. The Morgan fingerprint density at radius 3 is 2.45 bits per heavy atom. The predicted octanol–water partition coefficient (Wildman–Crippen LogP) is 2.93. The Balaban J connectivity index is 2.06. The summed E-state index contributed by atoms with van der Waals surface area (Å²) in [7, 11) is -1.12. The standard InChI is InChI=1S/C9H18OSi/c1-9-5-6-10-11(9)7-3-2-4-8-11/h9H,2-8H2,1H3/t9-/m0/s1. The fourth-order valence-corrected chi connectivity index (χ4v) is 7.31. The summed E-state index contributed by atoms with van der Waals surface area (Å²) in [6, 6.07) is 2.93. The van der Waals surface area contributed by atoms with Gasteiger partial charge in [-0.3, -0.25) is 0 Å². The second kappa shape index (κ2) is 2.90. The highest BCUT2D eigenvalue weighted by Crippen LogP contribution is 2.43. The molecule has 0 aromatic carbocycles. The Bertz CT molecular complexity index is 140. The van der Waals surface area contributed by atoms with Gasteiger partial charge in [-0.05, 0) is 24.1 Å². The van der Waals surface area contributed by atoms with Crippen LogP contribution >= 0.6 is 0 Å². The van der Waals surface area contributed by atoms with E-state index in [9.17, 15) is 0 Å². The van der Waals surface area contributed by atoms with Crippen molar-refractivity contribution in [2.45, 2.75) is 50.2 Å². The maximum Gasteiger partial charge on any atom is 0.195 e. The van der Waals surface area contributed by atoms with Crippen molar-refractivity contribution in [3.63, 3.8) is 0 Å². The van der Waals surface area contributed by atoms with E-state index in [2.05, 4.69) is 6.92 Å². The van der Waals surface area contributed by atoms with E-state index in [4.69, 9.17) is 4.43 Å². The first kappa shape index (κ1) is 7.81. The van der Waals surface area contributed by atoms with E-state index in [1.165, 1.54) is 37.8 Å². The highest BCUT2D eigenvalue weighted by atomic mass is 28.4. The molecule has 2 fully saturated rings. The molecule has 64 valence electrons. The SMILES string of the molecule is C[C@H]1CCO[Si]12CCCCC2. The van der Waals surface area contributed by atoms with Gasteiger partial charge in [-0.2, -0.15) is 0 Å². The third-order valence-electron chi connectivity index (χ3n) is 3.54. The van der Waals surface area contributed by atoms with E-state index >= 15 is 0 Å². The van der Waals surface area contributed by atoms with Gasteiger partial charge in [-0.25, -0.2) is 0 Å². The van der Waals surface area contributed by atoms with Crippen LogP contribution in [0.2, 0.25) is 17.6 Å². The molecule has 1 atom stereocenters. The molecule has 1 spiro atoms. The third-order valence-corrected chi connectivity index (χ3v) is 8.80. The van der Waals surface area contributed by atoms with E-state index in [0.29, 0.717) is 0 Å². The summed E-state index contributed by atoms with van der Waals surface area (Å²) in [4.78, 5) is 0. The fraction of sp³-hybridized carbons (Fsp3) is 1.00. The zero-order valence-corrected chi connectivity index (χ0v) is 8.44. The lowest BCUT2D eigenvalue weighted by atomic mass is 10.3. The molecule has 0 radical (unpaired) electrons. The predicted molar refractivity (Wildman–Crippen MR) is 49.2 cm³/mol. The molecule has 2 heterocycles. The van der Waals surface area contributed by atoms with Crippen molar-refractivity contribution in [2.75, 3.05) is 6.61 Å². The smallest absolute Gasteiger partial charge is 0.195 e. The maximum atomic E-state index is 6.03. The summed E-state index contributed by atoms with van der Waals surface area (Å²) in [5.41, 5.74) is 0.961. The first-order valence-electron chi connectivity index (χ1n) is 4.97. The van der Waals surface area contributed by atoms with Gasteiger partial charge >= 0.3 is 0 Å². The van der Waals surface area contributed by atoms with Crippen molar-refractivity contribution in [1.82, 2.24) is 0 Å². The van der Waals surface area contributed by atoms with Crippen molar-refractivity contribution in [3.8, 4) is 0 Å². The van der Waals surface area contributed by atoms with Crippen molar-refractivity contribution in [1.29, 1.82) is 0 Å². The van der Waals surface area contributed by atoms with Crippen LogP contribution in [0.1, 0.15) is 32.6 Å². The minimum atomic E-state index is -1.12. The molecule has 0 aromatic rings. The second-order valence-electron chi connectivity index (χ2n) is 4.16. The van der Waals surface area contributed by atoms with Gasteiger partial charge < -0.3 is 4.43 Å². The Morgan fingerprint density at radius 1 is 1.18 bits per heavy atom. The lowest BCUT2D eigenvalue weighted by Crippen LogP contribution is -2.39. The summed E-state index contributed by atoms with van der Waals surface area (Å²) < 4.78 is 6.03. The minimum Gasteiger partial charge on any atom is -0.417 e. The van der Waals surface area contributed by atoms with E-state index in [1.54, 1.807) is 0 Å². The van der Waals surface area contributed by atoms with Crippen LogP contribution in [0.5, 0.6) is 0 Å². The van der Waals surface area contributed by atoms with Crippen molar-refractivity contribution in [3.05, 3.63) is 0 Å². The van der Waals surface area contributed by atoms with Crippen molar-refractivity contribution < 1.29 is 4.43 Å². The first-order chi connectivity index (χ1) is 5.33. The fourth-order valence-electron chi connectivity index (χ4n) is 2.63. The van der Waals surface area contributed by atoms with Gasteiger partial charge in [0, 0.05) is 6.61 Å². The summed E-state index contributed by atoms with van der Waals surface area (Å²) in [6.07, 6.45) is 5.73. The van der Waals surface area contributed by atoms with Gasteiger partial charge in [0.2, 0.25) is 0 Å². The zero-order chi connectivity index (χ0) is 7.73. The second-order valence-corrected chi connectivity index (χ2v) is 8.57. The molecule has 0 aliphatic carbocycles. The molecule has 0 aromatic heterocycles. The van der Waals surface area contributed by atoms with Crippen LogP contribution in [0, 0.1) is 0 Å². The molecular weight excluding hydrogens is 152 g/mol. The van der Waals surface area contributed by atoms with Gasteiger partial charge in [0.25, 0.3) is 0 Å². The van der Waals surface area contributed by atoms with Crippen LogP contribution in [-0.4, -0.2) is 14.9 Å².